The number of benzene rings is 2. The average molecular weight is 461 g/mol. The van der Waals surface area contributed by atoms with Gasteiger partial charge in [0.15, 0.2) is 0 Å². The lowest BCUT2D eigenvalue weighted by atomic mass is 9.78. The molecule has 6 heteroatoms. The summed E-state index contributed by atoms with van der Waals surface area (Å²) in [5.41, 5.74) is 12.2. The Labute approximate surface area is 204 Å². The molecule has 0 atom stereocenters. The van der Waals surface area contributed by atoms with Gasteiger partial charge in [0.25, 0.3) is 0 Å². The Bertz CT molecular complexity index is 1530. The molecule has 3 N–H and O–H groups in total. The van der Waals surface area contributed by atoms with Crippen LogP contribution in [0.3, 0.4) is 0 Å². The van der Waals surface area contributed by atoms with Crippen LogP contribution in [0.25, 0.3) is 38.9 Å². The van der Waals surface area contributed by atoms with Crippen molar-refractivity contribution in [2.75, 3.05) is 5.73 Å². The van der Waals surface area contributed by atoms with Gasteiger partial charge in [-0.05, 0) is 37.8 Å². The number of hydrogen-bond donors (Lipinski definition) is 2. The van der Waals surface area contributed by atoms with E-state index in [9.17, 15) is 0 Å². The maximum Gasteiger partial charge on any atom is 0.150 e. The van der Waals surface area contributed by atoms with Crippen LogP contribution >= 0.6 is 0 Å². The first-order chi connectivity index (χ1) is 17.2. The van der Waals surface area contributed by atoms with Crippen LogP contribution < -0.4 is 11.1 Å². The highest BCUT2D eigenvalue weighted by atomic mass is 15.1. The number of nitrogens with two attached hydrogens (primary N) is 1. The molecule has 2 fully saturated rings. The highest BCUT2D eigenvalue weighted by Crippen LogP contribution is 2.40. The molecule has 0 saturated heterocycles. The summed E-state index contributed by atoms with van der Waals surface area (Å²) in [6.45, 7) is 0. The molecule has 6 nitrogen and oxygen atoms in total. The summed E-state index contributed by atoms with van der Waals surface area (Å²) in [6.07, 6.45) is 10.0. The predicted octanol–water partition coefficient (Wildman–Crippen LogP) is 5.58. The van der Waals surface area contributed by atoms with Crippen LogP contribution in [0.5, 0.6) is 0 Å². The summed E-state index contributed by atoms with van der Waals surface area (Å²) in [5.74, 6) is 2.02. The van der Waals surface area contributed by atoms with Crippen LogP contribution in [0.15, 0.2) is 73.1 Å². The number of fused-ring (bicyclic) bond motifs is 2. The number of nitrogen functional groups attached to an aromatic ring is 1. The zero-order chi connectivity index (χ0) is 23.4. The van der Waals surface area contributed by atoms with Crippen LogP contribution in [-0.4, -0.2) is 31.4 Å². The molecule has 2 saturated carbocycles. The summed E-state index contributed by atoms with van der Waals surface area (Å²) >= 11 is 0. The number of anilines is 1. The van der Waals surface area contributed by atoms with Gasteiger partial charge in [0, 0.05) is 46.9 Å². The molecule has 7 rings (SSSR count). The van der Waals surface area contributed by atoms with E-state index in [1.54, 1.807) is 6.20 Å². The number of aromatic nitrogens is 4. The first-order valence-corrected chi connectivity index (χ1v) is 12.6. The standard InChI is InChI=1S/C29H28N6/c30-28-27-26(20-10-9-19-11-12-24(33-25(19)17-20)18-5-2-1-3-6-18)34-29(35(27)14-13-31-28)21-15-23(16-21)32-22-7-4-8-22/h1-3,5-6,9-14,17,21-23,32H,4,7-8,15-16H2,(H2,30,31)/t21-,23+. The molecule has 2 aliphatic rings. The van der Waals surface area contributed by atoms with Crippen molar-refractivity contribution in [2.45, 2.75) is 50.1 Å². The SMILES string of the molecule is Nc1nccn2c1c(-c1ccc3ccc(-c4ccccc4)nc3c1)nc2[C@H]1C[C@@H](NC2CCC2)C1. The van der Waals surface area contributed by atoms with Gasteiger partial charge < -0.3 is 11.1 Å². The minimum atomic E-state index is 0.430. The number of nitrogens with one attached hydrogen (secondary N) is 1. The molecule has 0 amide bonds. The molecule has 0 aliphatic heterocycles. The molecular formula is C29H28N6. The molecule has 35 heavy (non-hydrogen) atoms. The third-order valence-corrected chi connectivity index (χ3v) is 7.73. The summed E-state index contributed by atoms with van der Waals surface area (Å²) in [4.78, 5) is 14.5. The first kappa shape index (κ1) is 20.6. The zero-order valence-corrected chi connectivity index (χ0v) is 19.6. The fraction of sp³-hybridized carbons (Fsp3) is 0.276. The van der Waals surface area contributed by atoms with Crippen LogP contribution in [0.1, 0.15) is 43.8 Å². The molecule has 174 valence electrons. The second kappa shape index (κ2) is 8.17. The van der Waals surface area contributed by atoms with E-state index in [4.69, 9.17) is 15.7 Å². The van der Waals surface area contributed by atoms with E-state index < -0.39 is 0 Å². The fourth-order valence-corrected chi connectivity index (χ4v) is 5.48. The molecule has 0 bridgehead atoms. The first-order valence-electron chi connectivity index (χ1n) is 12.6. The average Bonchev–Trinajstić information content (AvgIpc) is 3.22. The normalized spacial score (nSPS) is 20.1. The smallest absolute Gasteiger partial charge is 0.150 e. The molecular weight excluding hydrogens is 432 g/mol. The van der Waals surface area contributed by atoms with E-state index in [0.717, 1.165) is 63.6 Å². The van der Waals surface area contributed by atoms with Gasteiger partial charge in [0.2, 0.25) is 0 Å². The van der Waals surface area contributed by atoms with Crippen molar-refractivity contribution in [3.05, 3.63) is 78.9 Å². The summed E-state index contributed by atoms with van der Waals surface area (Å²) in [7, 11) is 0. The Hall–Kier alpha value is -3.77. The third-order valence-electron chi connectivity index (χ3n) is 7.73. The lowest BCUT2D eigenvalue weighted by Gasteiger charge is -2.40. The molecule has 0 spiro atoms. The van der Waals surface area contributed by atoms with Crippen molar-refractivity contribution in [1.82, 2.24) is 24.7 Å². The summed E-state index contributed by atoms with van der Waals surface area (Å²) < 4.78 is 2.15. The van der Waals surface area contributed by atoms with Gasteiger partial charge in [0.1, 0.15) is 22.9 Å². The monoisotopic (exact) mass is 460 g/mol. The van der Waals surface area contributed by atoms with Gasteiger partial charge in [-0.3, -0.25) is 4.40 Å². The highest BCUT2D eigenvalue weighted by Gasteiger charge is 2.36. The topological polar surface area (TPSA) is 81.1 Å². The van der Waals surface area contributed by atoms with E-state index in [-0.39, 0.29) is 0 Å². The Morgan fingerprint density at radius 2 is 1.71 bits per heavy atom. The highest BCUT2D eigenvalue weighted by molar-refractivity contribution is 5.91. The van der Waals surface area contributed by atoms with E-state index in [2.05, 4.69) is 57.2 Å². The largest absolute Gasteiger partial charge is 0.382 e. The van der Waals surface area contributed by atoms with Crippen molar-refractivity contribution in [2.24, 2.45) is 0 Å². The Kier molecular flexibility index (Phi) is 4.81. The molecule has 5 aromatic rings. The van der Waals surface area contributed by atoms with Crippen molar-refractivity contribution in [3.63, 3.8) is 0 Å². The second-order valence-corrected chi connectivity index (χ2v) is 9.98. The zero-order valence-electron chi connectivity index (χ0n) is 19.6. The van der Waals surface area contributed by atoms with Crippen molar-refractivity contribution >= 4 is 22.2 Å². The quantitative estimate of drug-likeness (QED) is 0.358. The predicted molar refractivity (Wildman–Crippen MR) is 140 cm³/mol. The van der Waals surface area contributed by atoms with Gasteiger partial charge in [0.05, 0.1) is 11.2 Å². The van der Waals surface area contributed by atoms with Crippen molar-refractivity contribution in [1.29, 1.82) is 0 Å². The fourth-order valence-electron chi connectivity index (χ4n) is 5.48. The van der Waals surface area contributed by atoms with Gasteiger partial charge >= 0.3 is 0 Å². The van der Waals surface area contributed by atoms with Crippen LogP contribution in [0.2, 0.25) is 0 Å². The number of pyridine rings is 1. The Morgan fingerprint density at radius 3 is 2.51 bits per heavy atom. The minimum Gasteiger partial charge on any atom is -0.382 e. The maximum atomic E-state index is 6.40. The number of hydrogen-bond acceptors (Lipinski definition) is 5. The summed E-state index contributed by atoms with van der Waals surface area (Å²) in [5, 5.41) is 4.91. The Morgan fingerprint density at radius 1 is 0.886 bits per heavy atom. The van der Waals surface area contributed by atoms with Gasteiger partial charge in [-0.15, -0.1) is 0 Å². The van der Waals surface area contributed by atoms with Crippen LogP contribution in [0, 0.1) is 0 Å². The Balaban J connectivity index is 1.27. The lowest BCUT2D eigenvalue weighted by molar-refractivity contribution is 0.215. The number of imidazole rings is 1. The molecule has 0 radical (unpaired) electrons. The van der Waals surface area contributed by atoms with E-state index in [1.165, 1.54) is 19.3 Å². The van der Waals surface area contributed by atoms with E-state index >= 15 is 0 Å². The number of nitrogens with zero attached hydrogens (tertiary/aromatic N) is 4. The minimum absolute atomic E-state index is 0.430. The third kappa shape index (κ3) is 3.56. The van der Waals surface area contributed by atoms with Gasteiger partial charge in [-0.1, -0.05) is 55.0 Å². The van der Waals surface area contributed by atoms with Crippen LogP contribution in [0.4, 0.5) is 5.82 Å². The molecule has 3 aromatic heterocycles. The second-order valence-electron chi connectivity index (χ2n) is 9.98. The summed E-state index contributed by atoms with van der Waals surface area (Å²) in [6, 6.07) is 22.2. The molecule has 3 heterocycles. The maximum absolute atomic E-state index is 6.40. The molecule has 2 aromatic carbocycles. The molecule has 0 unspecified atom stereocenters. The van der Waals surface area contributed by atoms with Gasteiger partial charge in [-0.25, -0.2) is 15.0 Å². The lowest BCUT2D eigenvalue weighted by Crippen LogP contribution is -2.48. The van der Waals surface area contributed by atoms with E-state index in [0.29, 0.717) is 17.8 Å². The number of rotatable bonds is 5. The van der Waals surface area contributed by atoms with E-state index in [1.807, 2.05) is 24.4 Å². The van der Waals surface area contributed by atoms with Crippen molar-refractivity contribution < 1.29 is 0 Å². The van der Waals surface area contributed by atoms with Crippen LogP contribution in [-0.2, 0) is 0 Å². The van der Waals surface area contributed by atoms with Crippen molar-refractivity contribution in [3.8, 4) is 22.5 Å². The van der Waals surface area contributed by atoms with Gasteiger partial charge in [-0.2, -0.15) is 0 Å². The molecule has 2 aliphatic carbocycles.